The van der Waals surface area contributed by atoms with E-state index in [9.17, 15) is 9.59 Å². The van der Waals surface area contributed by atoms with Crippen molar-refractivity contribution in [3.05, 3.63) is 120 Å². The molecule has 34 heavy (non-hydrogen) atoms. The maximum Gasteiger partial charge on any atom is 0.257 e. The predicted molar refractivity (Wildman–Crippen MR) is 133 cm³/mol. The fourth-order valence-electron chi connectivity index (χ4n) is 3.24. The highest BCUT2D eigenvalue weighted by Gasteiger charge is 2.14. The first kappa shape index (κ1) is 22.6. The van der Waals surface area contributed by atoms with Crippen molar-refractivity contribution in [3.8, 4) is 11.5 Å². The normalized spacial score (nSPS) is 10.2. The van der Waals surface area contributed by atoms with Gasteiger partial charge in [0.15, 0.2) is 0 Å². The van der Waals surface area contributed by atoms with E-state index in [2.05, 4.69) is 10.6 Å². The summed E-state index contributed by atoms with van der Waals surface area (Å²) >= 11 is 0. The fraction of sp³-hybridized carbons (Fsp3) is 0.0714. The minimum Gasteiger partial charge on any atom is -0.490 e. The van der Waals surface area contributed by atoms with Crippen LogP contribution in [0.1, 0.15) is 20.7 Å². The van der Waals surface area contributed by atoms with Crippen LogP contribution in [-0.4, -0.2) is 25.0 Å². The third kappa shape index (κ3) is 6.23. The highest BCUT2D eigenvalue weighted by atomic mass is 16.5. The van der Waals surface area contributed by atoms with Gasteiger partial charge < -0.3 is 20.1 Å². The molecule has 170 valence electrons. The molecule has 0 unspecified atom stereocenters. The van der Waals surface area contributed by atoms with Crippen LogP contribution in [0.4, 0.5) is 11.4 Å². The van der Waals surface area contributed by atoms with Crippen molar-refractivity contribution in [1.29, 1.82) is 0 Å². The third-order valence-corrected chi connectivity index (χ3v) is 4.93. The largest absolute Gasteiger partial charge is 0.490 e. The Morgan fingerprint density at radius 3 is 1.79 bits per heavy atom. The minimum absolute atomic E-state index is 0.302. The molecule has 0 saturated heterocycles. The van der Waals surface area contributed by atoms with Crippen molar-refractivity contribution >= 4 is 23.2 Å². The van der Waals surface area contributed by atoms with Gasteiger partial charge in [-0.3, -0.25) is 9.59 Å². The van der Waals surface area contributed by atoms with Gasteiger partial charge in [0.2, 0.25) is 0 Å². The Labute approximate surface area is 198 Å². The van der Waals surface area contributed by atoms with Crippen LogP contribution < -0.4 is 20.1 Å². The lowest BCUT2D eigenvalue weighted by atomic mass is 10.1. The van der Waals surface area contributed by atoms with Gasteiger partial charge in [-0.1, -0.05) is 48.5 Å². The smallest absolute Gasteiger partial charge is 0.257 e. The molecule has 4 aromatic rings. The predicted octanol–water partition coefficient (Wildman–Crippen LogP) is 5.65. The van der Waals surface area contributed by atoms with E-state index in [0.717, 1.165) is 5.75 Å². The van der Waals surface area contributed by atoms with Crippen LogP contribution >= 0.6 is 0 Å². The lowest BCUT2D eigenvalue weighted by Crippen LogP contribution is -2.18. The van der Waals surface area contributed by atoms with E-state index in [1.807, 2.05) is 48.5 Å². The van der Waals surface area contributed by atoms with Gasteiger partial charge in [0.25, 0.3) is 11.8 Å². The van der Waals surface area contributed by atoms with Crippen LogP contribution in [0.2, 0.25) is 0 Å². The van der Waals surface area contributed by atoms with Crippen LogP contribution in [0.3, 0.4) is 0 Å². The summed E-state index contributed by atoms with van der Waals surface area (Å²) in [5.41, 5.74) is 1.93. The van der Waals surface area contributed by atoms with Gasteiger partial charge in [0, 0.05) is 11.3 Å². The Morgan fingerprint density at radius 1 is 0.559 bits per heavy atom. The third-order valence-electron chi connectivity index (χ3n) is 4.93. The molecule has 6 nitrogen and oxygen atoms in total. The Balaban J connectivity index is 1.32. The van der Waals surface area contributed by atoms with Crippen molar-refractivity contribution in [1.82, 2.24) is 0 Å². The monoisotopic (exact) mass is 452 g/mol. The summed E-state index contributed by atoms with van der Waals surface area (Å²) in [5, 5.41) is 5.66. The molecular weight excluding hydrogens is 428 g/mol. The summed E-state index contributed by atoms with van der Waals surface area (Å²) in [6.45, 7) is 0.790. The number of hydrogen-bond acceptors (Lipinski definition) is 4. The quantitative estimate of drug-likeness (QED) is 0.322. The Kier molecular flexibility index (Phi) is 7.54. The molecule has 2 amide bonds. The van der Waals surface area contributed by atoms with Gasteiger partial charge in [-0.05, 0) is 60.7 Å². The Hall–Kier alpha value is -4.58. The number of nitrogens with one attached hydrogen (secondary N) is 2. The zero-order valence-electron chi connectivity index (χ0n) is 18.4. The van der Waals surface area contributed by atoms with Crippen LogP contribution in [0.15, 0.2) is 109 Å². The molecule has 2 N–H and O–H groups in total. The number of rotatable bonds is 9. The molecule has 0 aliphatic rings. The summed E-state index contributed by atoms with van der Waals surface area (Å²) < 4.78 is 11.3. The molecule has 0 atom stereocenters. The molecule has 0 aliphatic carbocycles. The second kappa shape index (κ2) is 11.3. The van der Waals surface area contributed by atoms with Gasteiger partial charge in [-0.15, -0.1) is 0 Å². The summed E-state index contributed by atoms with van der Waals surface area (Å²) in [6, 6.07) is 32.4. The highest BCUT2D eigenvalue weighted by molar-refractivity contribution is 6.12. The molecule has 0 spiro atoms. The number of para-hydroxylation sites is 3. The Morgan fingerprint density at radius 2 is 1.12 bits per heavy atom. The molecule has 4 aromatic carbocycles. The number of anilines is 2. The van der Waals surface area contributed by atoms with Gasteiger partial charge in [-0.25, -0.2) is 0 Å². The summed E-state index contributed by atoms with van der Waals surface area (Å²) in [4.78, 5) is 25.5. The molecule has 4 rings (SSSR count). The second-order valence-electron chi connectivity index (χ2n) is 7.35. The average Bonchev–Trinajstić information content (AvgIpc) is 2.88. The summed E-state index contributed by atoms with van der Waals surface area (Å²) in [6.07, 6.45) is 0. The van der Waals surface area contributed by atoms with Crippen LogP contribution in [0.25, 0.3) is 0 Å². The van der Waals surface area contributed by atoms with E-state index in [4.69, 9.17) is 9.47 Å². The van der Waals surface area contributed by atoms with Crippen molar-refractivity contribution in [3.63, 3.8) is 0 Å². The maximum atomic E-state index is 12.8. The van der Waals surface area contributed by atoms with Crippen molar-refractivity contribution in [2.75, 3.05) is 23.8 Å². The molecule has 6 heteroatoms. The molecule has 0 radical (unpaired) electrons. The first-order valence-corrected chi connectivity index (χ1v) is 10.9. The van der Waals surface area contributed by atoms with Gasteiger partial charge in [0.1, 0.15) is 24.7 Å². The molecule has 0 saturated carbocycles. The minimum atomic E-state index is -0.320. The molecular formula is C28H24N2O4. The van der Waals surface area contributed by atoms with Crippen molar-refractivity contribution < 1.29 is 19.1 Å². The fourth-order valence-corrected chi connectivity index (χ4v) is 3.24. The number of hydrogen-bond donors (Lipinski definition) is 2. The summed E-state index contributed by atoms with van der Waals surface area (Å²) in [7, 11) is 0. The van der Waals surface area contributed by atoms with Crippen LogP contribution in [0.5, 0.6) is 11.5 Å². The van der Waals surface area contributed by atoms with E-state index in [1.54, 1.807) is 60.7 Å². The first-order chi connectivity index (χ1) is 16.7. The van der Waals surface area contributed by atoms with E-state index in [-0.39, 0.29) is 11.8 Å². The van der Waals surface area contributed by atoms with Gasteiger partial charge in [0.05, 0.1) is 11.3 Å². The van der Waals surface area contributed by atoms with Crippen molar-refractivity contribution in [2.45, 2.75) is 0 Å². The highest BCUT2D eigenvalue weighted by Crippen LogP contribution is 2.19. The van der Waals surface area contributed by atoms with Crippen LogP contribution in [0, 0.1) is 0 Å². The SMILES string of the molecule is O=C(Nc1ccccc1C(=O)Nc1ccccc1)c1ccc(OCCOc2ccccc2)cc1. The van der Waals surface area contributed by atoms with E-state index in [1.165, 1.54) is 0 Å². The summed E-state index contributed by atoms with van der Waals surface area (Å²) in [5.74, 6) is 0.800. The van der Waals surface area contributed by atoms with E-state index < -0.39 is 0 Å². The van der Waals surface area contributed by atoms with Gasteiger partial charge in [-0.2, -0.15) is 0 Å². The second-order valence-corrected chi connectivity index (χ2v) is 7.35. The van der Waals surface area contributed by atoms with Crippen LogP contribution in [-0.2, 0) is 0 Å². The number of carbonyl (C=O) groups is 2. The standard InChI is InChI=1S/C28H24N2O4/c31-27(21-15-17-24(18-16-21)34-20-19-33-23-11-5-2-6-12-23)30-26-14-8-7-13-25(26)28(32)29-22-9-3-1-4-10-22/h1-18H,19-20H2,(H,29,32)(H,30,31). The van der Waals surface area contributed by atoms with Gasteiger partial charge >= 0.3 is 0 Å². The zero-order valence-corrected chi connectivity index (χ0v) is 18.4. The number of amides is 2. The van der Waals surface area contributed by atoms with Crippen molar-refractivity contribution in [2.24, 2.45) is 0 Å². The molecule has 0 heterocycles. The first-order valence-electron chi connectivity index (χ1n) is 10.9. The van der Waals surface area contributed by atoms with E-state index >= 15 is 0 Å². The average molecular weight is 453 g/mol. The number of ether oxygens (including phenoxy) is 2. The lowest BCUT2D eigenvalue weighted by Gasteiger charge is -2.12. The molecule has 0 fully saturated rings. The maximum absolute atomic E-state index is 12.8. The number of carbonyl (C=O) groups excluding carboxylic acids is 2. The zero-order chi connectivity index (χ0) is 23.6. The number of benzene rings is 4. The van der Waals surface area contributed by atoms with E-state index in [0.29, 0.717) is 41.5 Å². The molecule has 0 aliphatic heterocycles. The lowest BCUT2D eigenvalue weighted by molar-refractivity contribution is 0.102. The molecule has 0 aromatic heterocycles. The molecule has 0 bridgehead atoms. The topological polar surface area (TPSA) is 76.7 Å². The Bertz CT molecular complexity index is 1230.